The Bertz CT molecular complexity index is 205. The average molecular weight is 224 g/mol. The zero-order valence-corrected chi connectivity index (χ0v) is 11.0. The Labute approximate surface area is 101 Å². The van der Waals surface area contributed by atoms with E-state index in [1.807, 2.05) is 0 Å². The maximum absolute atomic E-state index is 3.52. The smallest absolute Gasteiger partial charge is 0.00248 e. The maximum atomic E-state index is 3.52. The van der Waals surface area contributed by atoms with Gasteiger partial charge in [0.15, 0.2) is 0 Å². The topological polar surface area (TPSA) is 15.3 Å². The normalized spacial score (nSPS) is 37.5. The molecule has 0 aromatic heterocycles. The van der Waals surface area contributed by atoms with Crippen molar-refractivity contribution in [3.05, 3.63) is 0 Å². The predicted octanol–water partition coefficient (Wildman–Crippen LogP) is 2.35. The predicted molar refractivity (Wildman–Crippen MR) is 69.6 cm³/mol. The molecule has 1 N–H and O–H groups in total. The van der Waals surface area contributed by atoms with Crippen LogP contribution in [0.4, 0.5) is 0 Å². The first-order chi connectivity index (χ1) is 7.79. The van der Waals surface area contributed by atoms with Crippen molar-refractivity contribution < 1.29 is 0 Å². The number of rotatable bonds is 3. The first-order valence-electron chi connectivity index (χ1n) is 7.22. The van der Waals surface area contributed by atoms with Crippen LogP contribution in [0.25, 0.3) is 0 Å². The van der Waals surface area contributed by atoms with Crippen LogP contribution in [0.5, 0.6) is 0 Å². The summed E-state index contributed by atoms with van der Waals surface area (Å²) in [6.07, 6.45) is 5.71. The van der Waals surface area contributed by atoms with Gasteiger partial charge in [0, 0.05) is 6.54 Å². The van der Waals surface area contributed by atoms with Crippen LogP contribution in [-0.4, -0.2) is 37.6 Å². The van der Waals surface area contributed by atoms with Crippen LogP contribution in [0.3, 0.4) is 0 Å². The first kappa shape index (κ1) is 12.4. The number of nitrogens with zero attached hydrogens (tertiary/aromatic N) is 1. The summed E-state index contributed by atoms with van der Waals surface area (Å²) in [5.41, 5.74) is 0. The van der Waals surface area contributed by atoms with E-state index in [9.17, 15) is 0 Å². The van der Waals surface area contributed by atoms with Crippen LogP contribution in [0.2, 0.25) is 0 Å². The van der Waals surface area contributed by atoms with Crippen LogP contribution in [-0.2, 0) is 0 Å². The molecule has 2 saturated heterocycles. The highest BCUT2D eigenvalue weighted by atomic mass is 15.1. The van der Waals surface area contributed by atoms with Crippen molar-refractivity contribution in [2.24, 2.45) is 17.8 Å². The van der Waals surface area contributed by atoms with Gasteiger partial charge >= 0.3 is 0 Å². The van der Waals surface area contributed by atoms with Crippen LogP contribution >= 0.6 is 0 Å². The van der Waals surface area contributed by atoms with E-state index >= 15 is 0 Å². The molecule has 2 rings (SSSR count). The third kappa shape index (κ3) is 3.21. The third-order valence-electron chi connectivity index (χ3n) is 4.69. The molecule has 94 valence electrons. The summed E-state index contributed by atoms with van der Waals surface area (Å²) in [4.78, 5) is 2.73. The molecule has 2 heteroatoms. The highest BCUT2D eigenvalue weighted by Gasteiger charge is 2.26. The van der Waals surface area contributed by atoms with Gasteiger partial charge in [0.1, 0.15) is 0 Å². The van der Waals surface area contributed by atoms with Crippen molar-refractivity contribution in [2.45, 2.75) is 39.5 Å². The fourth-order valence-corrected chi connectivity index (χ4v) is 3.26. The number of likely N-dealkylation sites (tertiary alicyclic amines) is 1. The van der Waals surface area contributed by atoms with E-state index in [4.69, 9.17) is 0 Å². The minimum absolute atomic E-state index is 0.880. The molecule has 2 aliphatic rings. The standard InChI is InChI=1S/C14H28N2/c1-3-13-5-4-7-16(8-6-13)11-14-10-15-9-12(14)2/h12-15H,3-11H2,1-2H3/t12-,13?,14+/m1/s1. The molecule has 0 aromatic rings. The van der Waals surface area contributed by atoms with E-state index in [0.29, 0.717) is 0 Å². The Morgan fingerprint density at radius 3 is 2.75 bits per heavy atom. The summed E-state index contributed by atoms with van der Waals surface area (Å²) in [5.74, 6) is 2.78. The van der Waals surface area contributed by atoms with E-state index in [2.05, 4.69) is 24.1 Å². The lowest BCUT2D eigenvalue weighted by Gasteiger charge is -2.25. The minimum Gasteiger partial charge on any atom is -0.316 e. The molecule has 3 atom stereocenters. The highest BCUT2D eigenvalue weighted by molar-refractivity contribution is 4.81. The van der Waals surface area contributed by atoms with Crippen molar-refractivity contribution in [2.75, 3.05) is 32.7 Å². The summed E-state index contributed by atoms with van der Waals surface area (Å²) < 4.78 is 0. The first-order valence-corrected chi connectivity index (χ1v) is 7.22. The molecule has 0 aliphatic carbocycles. The molecule has 0 bridgehead atoms. The Morgan fingerprint density at radius 2 is 2.06 bits per heavy atom. The second-order valence-electron chi connectivity index (χ2n) is 5.90. The van der Waals surface area contributed by atoms with E-state index in [-0.39, 0.29) is 0 Å². The van der Waals surface area contributed by atoms with Gasteiger partial charge in [0.05, 0.1) is 0 Å². The SMILES string of the molecule is CCC1CCCN(C[C@@H]2CNC[C@H]2C)CC1. The lowest BCUT2D eigenvalue weighted by Crippen LogP contribution is -2.33. The van der Waals surface area contributed by atoms with Crippen LogP contribution in [0.1, 0.15) is 39.5 Å². The summed E-state index contributed by atoms with van der Waals surface area (Å²) >= 11 is 0. The molecule has 0 aromatic carbocycles. The number of nitrogens with one attached hydrogen (secondary N) is 1. The fourth-order valence-electron chi connectivity index (χ4n) is 3.26. The summed E-state index contributed by atoms with van der Waals surface area (Å²) in [6.45, 7) is 11.3. The van der Waals surface area contributed by atoms with Crippen molar-refractivity contribution in [3.63, 3.8) is 0 Å². The quantitative estimate of drug-likeness (QED) is 0.791. The summed E-state index contributed by atoms with van der Waals surface area (Å²) in [6, 6.07) is 0. The van der Waals surface area contributed by atoms with E-state index in [0.717, 1.165) is 17.8 Å². The molecule has 0 amide bonds. The van der Waals surface area contributed by atoms with Gasteiger partial charge in [0.2, 0.25) is 0 Å². The largest absolute Gasteiger partial charge is 0.316 e. The molecule has 1 unspecified atom stereocenters. The van der Waals surface area contributed by atoms with Crippen LogP contribution < -0.4 is 5.32 Å². The third-order valence-corrected chi connectivity index (χ3v) is 4.69. The number of hydrogen-bond acceptors (Lipinski definition) is 2. The lowest BCUT2D eigenvalue weighted by atomic mass is 9.97. The molecule has 16 heavy (non-hydrogen) atoms. The van der Waals surface area contributed by atoms with E-state index in [1.165, 1.54) is 58.4 Å². The monoisotopic (exact) mass is 224 g/mol. The van der Waals surface area contributed by atoms with Gasteiger partial charge < -0.3 is 10.2 Å². The van der Waals surface area contributed by atoms with Gasteiger partial charge in [-0.05, 0) is 63.2 Å². The molecule has 2 aliphatic heterocycles. The zero-order valence-electron chi connectivity index (χ0n) is 11.0. The molecule has 2 heterocycles. The lowest BCUT2D eigenvalue weighted by molar-refractivity contribution is 0.223. The molecule has 0 saturated carbocycles. The van der Waals surface area contributed by atoms with Crippen LogP contribution in [0, 0.1) is 17.8 Å². The van der Waals surface area contributed by atoms with Gasteiger partial charge in [-0.3, -0.25) is 0 Å². The molecule has 2 nitrogen and oxygen atoms in total. The molecule has 0 spiro atoms. The Balaban J connectivity index is 1.77. The Morgan fingerprint density at radius 1 is 1.19 bits per heavy atom. The molecule has 2 fully saturated rings. The van der Waals surface area contributed by atoms with E-state index < -0.39 is 0 Å². The van der Waals surface area contributed by atoms with Crippen molar-refractivity contribution in [3.8, 4) is 0 Å². The van der Waals surface area contributed by atoms with Crippen LogP contribution in [0.15, 0.2) is 0 Å². The summed E-state index contributed by atoms with van der Waals surface area (Å²) in [7, 11) is 0. The zero-order chi connectivity index (χ0) is 11.4. The second-order valence-corrected chi connectivity index (χ2v) is 5.90. The number of hydrogen-bond donors (Lipinski definition) is 1. The fraction of sp³-hybridized carbons (Fsp3) is 1.00. The average Bonchev–Trinajstić information content (AvgIpc) is 2.56. The Hall–Kier alpha value is -0.0800. The van der Waals surface area contributed by atoms with E-state index in [1.54, 1.807) is 0 Å². The maximum Gasteiger partial charge on any atom is 0.00248 e. The van der Waals surface area contributed by atoms with Gasteiger partial charge in [0.25, 0.3) is 0 Å². The molecular formula is C14H28N2. The van der Waals surface area contributed by atoms with Crippen molar-refractivity contribution >= 4 is 0 Å². The minimum atomic E-state index is 0.880. The second kappa shape index (κ2) is 6.02. The van der Waals surface area contributed by atoms with Crippen molar-refractivity contribution in [1.82, 2.24) is 10.2 Å². The van der Waals surface area contributed by atoms with Gasteiger partial charge in [-0.15, -0.1) is 0 Å². The van der Waals surface area contributed by atoms with Gasteiger partial charge in [-0.1, -0.05) is 20.3 Å². The van der Waals surface area contributed by atoms with Crippen molar-refractivity contribution in [1.29, 1.82) is 0 Å². The highest BCUT2D eigenvalue weighted by Crippen LogP contribution is 2.23. The molecule has 0 radical (unpaired) electrons. The van der Waals surface area contributed by atoms with Gasteiger partial charge in [-0.25, -0.2) is 0 Å². The summed E-state index contributed by atoms with van der Waals surface area (Å²) in [5, 5.41) is 3.52. The van der Waals surface area contributed by atoms with Gasteiger partial charge in [-0.2, -0.15) is 0 Å². The molecular weight excluding hydrogens is 196 g/mol. The Kier molecular flexibility index (Phi) is 4.66.